The first-order valence-electron chi connectivity index (χ1n) is 4.13. The molecule has 0 fully saturated rings. The monoisotopic (exact) mass is 231 g/mol. The Morgan fingerprint density at radius 3 is 2.53 bits per heavy atom. The second-order valence-electron chi connectivity index (χ2n) is 3.49. The van der Waals surface area contributed by atoms with Gasteiger partial charge in [0.15, 0.2) is 0 Å². The highest BCUT2D eigenvalue weighted by Crippen LogP contribution is 2.31. The summed E-state index contributed by atoms with van der Waals surface area (Å²) in [5, 5.41) is -0.596. The van der Waals surface area contributed by atoms with Gasteiger partial charge in [-0.15, -0.1) is 0 Å². The lowest BCUT2D eigenvalue weighted by Crippen LogP contribution is -2.16. The number of aliphatic imine (C=N–C) groups is 1. The Kier molecular flexibility index (Phi) is 3.22. The largest absolute Gasteiger partial charge is 0.235 e. The summed E-state index contributed by atoms with van der Waals surface area (Å²) in [4.78, 5) is 13.6. The Morgan fingerprint density at radius 1 is 1.40 bits per heavy atom. The third-order valence-corrected chi connectivity index (χ3v) is 2.37. The number of isocyanates is 1. The van der Waals surface area contributed by atoms with Crippen LogP contribution in [0.4, 0.5) is 8.78 Å². The quantitative estimate of drug-likeness (QED) is 0.437. The Bertz CT molecular complexity index is 439. The predicted octanol–water partition coefficient (Wildman–Crippen LogP) is 3.19. The lowest BCUT2D eigenvalue weighted by atomic mass is 9.94. The molecule has 15 heavy (non-hydrogen) atoms. The molecule has 0 unspecified atom stereocenters. The molecule has 80 valence electrons. The fourth-order valence-corrected chi connectivity index (χ4v) is 1.34. The average molecular weight is 232 g/mol. The van der Waals surface area contributed by atoms with Crippen molar-refractivity contribution in [3.05, 3.63) is 34.4 Å². The number of benzene rings is 1. The van der Waals surface area contributed by atoms with E-state index in [4.69, 9.17) is 11.6 Å². The van der Waals surface area contributed by atoms with Gasteiger partial charge in [0.2, 0.25) is 6.08 Å². The van der Waals surface area contributed by atoms with Gasteiger partial charge in [0.05, 0.1) is 5.54 Å². The highest BCUT2D eigenvalue weighted by atomic mass is 35.5. The maximum atomic E-state index is 13.5. The summed E-state index contributed by atoms with van der Waals surface area (Å²) in [5.41, 5.74) is -1.05. The minimum absolute atomic E-state index is 0.0530. The summed E-state index contributed by atoms with van der Waals surface area (Å²) in [6.07, 6.45) is 1.34. The van der Waals surface area contributed by atoms with Crippen LogP contribution in [0.3, 0.4) is 0 Å². The zero-order chi connectivity index (χ0) is 11.6. The molecule has 0 saturated carbocycles. The molecule has 1 rings (SSSR count). The normalized spacial score (nSPS) is 11.0. The molecule has 0 aromatic heterocycles. The molecule has 0 bridgehead atoms. The van der Waals surface area contributed by atoms with Crippen LogP contribution < -0.4 is 0 Å². The van der Waals surface area contributed by atoms with E-state index in [1.165, 1.54) is 26.0 Å². The zero-order valence-corrected chi connectivity index (χ0v) is 8.90. The van der Waals surface area contributed by atoms with Crippen LogP contribution in [0.15, 0.2) is 17.1 Å². The summed E-state index contributed by atoms with van der Waals surface area (Å²) >= 11 is 5.40. The second-order valence-corrected chi connectivity index (χ2v) is 3.86. The van der Waals surface area contributed by atoms with Gasteiger partial charge in [-0.25, -0.2) is 13.6 Å². The highest BCUT2D eigenvalue weighted by molar-refractivity contribution is 6.31. The summed E-state index contributed by atoms with van der Waals surface area (Å²) in [7, 11) is 0. The van der Waals surface area contributed by atoms with E-state index in [1.54, 1.807) is 0 Å². The fraction of sp³-hybridized carbons (Fsp3) is 0.300. The molecule has 5 heteroatoms. The number of hydrogen-bond donors (Lipinski definition) is 0. The molecule has 1 aromatic carbocycles. The Morgan fingerprint density at radius 2 is 2.00 bits per heavy atom. The van der Waals surface area contributed by atoms with Crippen LogP contribution in [0, 0.1) is 11.6 Å². The van der Waals surface area contributed by atoms with Gasteiger partial charge < -0.3 is 0 Å². The van der Waals surface area contributed by atoms with E-state index in [0.717, 1.165) is 6.07 Å². The molecule has 0 atom stereocenters. The molecule has 2 nitrogen and oxygen atoms in total. The van der Waals surface area contributed by atoms with E-state index in [9.17, 15) is 13.6 Å². The Hall–Kier alpha value is -1.25. The summed E-state index contributed by atoms with van der Waals surface area (Å²) in [6, 6.07) is 2.24. The third kappa shape index (κ3) is 2.22. The van der Waals surface area contributed by atoms with Gasteiger partial charge in [0.25, 0.3) is 0 Å². The fourth-order valence-electron chi connectivity index (χ4n) is 1.17. The lowest BCUT2D eigenvalue weighted by molar-refractivity contribution is 0.486. The molecule has 0 aliphatic rings. The van der Waals surface area contributed by atoms with Crippen LogP contribution in [0.25, 0.3) is 0 Å². The minimum Gasteiger partial charge on any atom is -0.211 e. The lowest BCUT2D eigenvalue weighted by Gasteiger charge is -2.19. The number of nitrogens with zero attached hydrogens (tertiary/aromatic N) is 1. The molecular formula is C10H8ClF2NO. The van der Waals surface area contributed by atoms with Gasteiger partial charge in [-0.1, -0.05) is 17.7 Å². The van der Waals surface area contributed by atoms with Gasteiger partial charge in [-0.3, -0.25) is 0 Å². The van der Waals surface area contributed by atoms with Crippen LogP contribution in [0.1, 0.15) is 19.4 Å². The molecule has 0 amide bonds. The molecule has 1 aromatic rings. The molecule has 0 N–H and O–H groups in total. The van der Waals surface area contributed by atoms with Gasteiger partial charge >= 0.3 is 0 Å². The van der Waals surface area contributed by atoms with Crippen molar-refractivity contribution in [1.29, 1.82) is 0 Å². The van der Waals surface area contributed by atoms with Gasteiger partial charge in [-0.2, -0.15) is 4.99 Å². The van der Waals surface area contributed by atoms with Crippen LogP contribution in [0.2, 0.25) is 5.02 Å². The van der Waals surface area contributed by atoms with E-state index < -0.39 is 22.2 Å². The van der Waals surface area contributed by atoms with Crippen molar-refractivity contribution >= 4 is 17.7 Å². The van der Waals surface area contributed by atoms with E-state index >= 15 is 0 Å². The van der Waals surface area contributed by atoms with Crippen LogP contribution in [-0.2, 0) is 10.3 Å². The molecule has 0 radical (unpaired) electrons. The van der Waals surface area contributed by atoms with Crippen molar-refractivity contribution in [2.24, 2.45) is 4.99 Å². The third-order valence-electron chi connectivity index (χ3n) is 2.02. The molecular weight excluding hydrogens is 224 g/mol. The van der Waals surface area contributed by atoms with Crippen molar-refractivity contribution in [3.63, 3.8) is 0 Å². The predicted molar refractivity (Wildman–Crippen MR) is 52.5 cm³/mol. The van der Waals surface area contributed by atoms with Gasteiger partial charge in [0.1, 0.15) is 16.7 Å². The summed E-state index contributed by atoms with van der Waals surface area (Å²) in [5.74, 6) is -1.75. The van der Waals surface area contributed by atoms with E-state index in [0.29, 0.717) is 0 Å². The topological polar surface area (TPSA) is 29.4 Å². The smallest absolute Gasteiger partial charge is 0.211 e. The standard InChI is InChI=1S/C10H8ClF2NO/c1-10(2,14-5-15)6-3-4-7(12)8(11)9(6)13/h3-4H,1-2H3. The van der Waals surface area contributed by atoms with Crippen molar-refractivity contribution in [2.45, 2.75) is 19.4 Å². The van der Waals surface area contributed by atoms with Crippen LogP contribution in [0.5, 0.6) is 0 Å². The SMILES string of the molecule is CC(C)(N=C=O)c1ccc(F)c(Cl)c1F. The number of carbonyl (C=O) groups excluding carboxylic acids is 1. The van der Waals surface area contributed by atoms with Crippen molar-refractivity contribution in [3.8, 4) is 0 Å². The van der Waals surface area contributed by atoms with Gasteiger partial charge in [-0.05, 0) is 19.9 Å². The van der Waals surface area contributed by atoms with E-state index in [1.807, 2.05) is 0 Å². The molecule has 0 aliphatic heterocycles. The first-order chi connectivity index (χ1) is 6.90. The second kappa shape index (κ2) is 4.09. The number of hydrogen-bond acceptors (Lipinski definition) is 2. The molecule has 0 saturated heterocycles. The maximum Gasteiger partial charge on any atom is 0.235 e. The van der Waals surface area contributed by atoms with Crippen molar-refractivity contribution in [2.75, 3.05) is 0 Å². The minimum atomic E-state index is -1.11. The first-order valence-corrected chi connectivity index (χ1v) is 4.51. The van der Waals surface area contributed by atoms with Crippen molar-refractivity contribution in [1.82, 2.24) is 0 Å². The Labute approximate surface area is 90.6 Å². The summed E-state index contributed by atoms with van der Waals surface area (Å²) in [6.45, 7) is 3.01. The van der Waals surface area contributed by atoms with Crippen molar-refractivity contribution < 1.29 is 13.6 Å². The maximum absolute atomic E-state index is 13.5. The molecule has 0 aliphatic carbocycles. The average Bonchev–Trinajstić information content (AvgIpc) is 2.13. The van der Waals surface area contributed by atoms with Crippen LogP contribution in [-0.4, -0.2) is 6.08 Å². The van der Waals surface area contributed by atoms with E-state index in [2.05, 4.69) is 4.99 Å². The van der Waals surface area contributed by atoms with E-state index in [-0.39, 0.29) is 5.56 Å². The zero-order valence-electron chi connectivity index (χ0n) is 8.14. The van der Waals surface area contributed by atoms with Crippen LogP contribution >= 0.6 is 11.6 Å². The van der Waals surface area contributed by atoms with Gasteiger partial charge in [0, 0.05) is 5.56 Å². The summed E-state index contributed by atoms with van der Waals surface area (Å²) < 4.78 is 26.4. The molecule has 0 heterocycles. The number of halogens is 3. The highest BCUT2D eigenvalue weighted by Gasteiger charge is 2.26. The Balaban J connectivity index is 3.39. The number of rotatable bonds is 2. The first kappa shape index (κ1) is 11.8. The molecule has 0 spiro atoms.